The molecule has 136 valence electrons. The van der Waals surface area contributed by atoms with Crippen molar-refractivity contribution in [2.24, 2.45) is 5.41 Å². The maximum absolute atomic E-state index is 13.2. The molecule has 1 aliphatic heterocycles. The maximum Gasteiger partial charge on any atom is 0.242 e. The van der Waals surface area contributed by atoms with E-state index < -0.39 is 5.41 Å². The van der Waals surface area contributed by atoms with Crippen LogP contribution in [0.2, 0.25) is 0 Å². The average molecular weight is 354 g/mol. The van der Waals surface area contributed by atoms with E-state index in [2.05, 4.69) is 5.32 Å². The summed E-state index contributed by atoms with van der Waals surface area (Å²) in [6.07, 6.45) is 0.787. The highest BCUT2D eigenvalue weighted by molar-refractivity contribution is 6.12. The van der Waals surface area contributed by atoms with Crippen molar-refractivity contribution in [3.05, 3.63) is 65.5 Å². The lowest BCUT2D eigenvalue weighted by molar-refractivity contribution is -0.140. The minimum Gasteiger partial charge on any atom is -0.351 e. The second-order valence-electron chi connectivity index (χ2n) is 7.29. The number of hydrogen-bond donors (Lipinski definition) is 1. The topological polar surface area (TPSA) is 49.4 Å². The highest BCUT2D eigenvalue weighted by Gasteiger charge is 2.43. The molecule has 0 aromatic heterocycles. The predicted molar refractivity (Wildman–Crippen MR) is 99.1 cm³/mol. The molecule has 26 heavy (non-hydrogen) atoms. The van der Waals surface area contributed by atoms with Crippen molar-refractivity contribution in [2.45, 2.75) is 39.8 Å². The van der Waals surface area contributed by atoms with Gasteiger partial charge in [-0.25, -0.2) is 4.39 Å². The van der Waals surface area contributed by atoms with Crippen molar-refractivity contribution in [1.29, 1.82) is 0 Å². The van der Waals surface area contributed by atoms with E-state index in [1.54, 1.807) is 30.9 Å². The molecule has 0 fully saturated rings. The molecule has 0 radical (unpaired) electrons. The first kappa shape index (κ1) is 18.1. The predicted octanol–water partition coefficient (Wildman–Crippen LogP) is 3.45. The van der Waals surface area contributed by atoms with Gasteiger partial charge in [-0.15, -0.1) is 0 Å². The number of benzene rings is 2. The number of rotatable bonds is 4. The standard InChI is InChI=1S/C21H23FN2O2/c1-14-12-16-6-4-5-7-18(16)24(14)20(26)21(2,3)19(25)23-13-15-8-10-17(22)11-9-15/h4-11,14H,12-13H2,1-3H3,(H,23,25). The van der Waals surface area contributed by atoms with Crippen LogP contribution in [0.15, 0.2) is 48.5 Å². The van der Waals surface area contributed by atoms with Crippen LogP contribution in [-0.2, 0) is 22.6 Å². The fourth-order valence-corrected chi connectivity index (χ4v) is 3.28. The average Bonchev–Trinajstić information content (AvgIpc) is 2.95. The lowest BCUT2D eigenvalue weighted by Crippen LogP contribution is -2.51. The minimum absolute atomic E-state index is 0.0177. The molecule has 2 amide bonds. The van der Waals surface area contributed by atoms with Crippen LogP contribution < -0.4 is 10.2 Å². The Bertz CT molecular complexity index is 830. The summed E-state index contributed by atoms with van der Waals surface area (Å²) in [5.74, 6) is -0.882. The Hall–Kier alpha value is -2.69. The zero-order valence-corrected chi connectivity index (χ0v) is 15.3. The summed E-state index contributed by atoms with van der Waals surface area (Å²) < 4.78 is 13.0. The smallest absolute Gasteiger partial charge is 0.242 e. The molecule has 1 heterocycles. The SMILES string of the molecule is CC1Cc2ccccc2N1C(=O)C(C)(C)C(=O)NCc1ccc(F)cc1. The lowest BCUT2D eigenvalue weighted by atomic mass is 9.89. The van der Waals surface area contributed by atoms with Crippen molar-refractivity contribution in [3.63, 3.8) is 0 Å². The number of nitrogens with zero attached hydrogens (tertiary/aromatic N) is 1. The lowest BCUT2D eigenvalue weighted by Gasteiger charge is -2.31. The summed E-state index contributed by atoms with van der Waals surface area (Å²) in [5, 5.41) is 2.79. The number of para-hydroxylation sites is 1. The molecule has 0 bridgehead atoms. The third-order valence-electron chi connectivity index (χ3n) is 4.89. The first-order valence-electron chi connectivity index (χ1n) is 8.75. The van der Waals surface area contributed by atoms with Crippen LogP contribution in [-0.4, -0.2) is 17.9 Å². The Kier molecular flexibility index (Phi) is 4.81. The summed E-state index contributed by atoms with van der Waals surface area (Å²) in [7, 11) is 0. The van der Waals surface area contributed by atoms with E-state index in [-0.39, 0.29) is 30.2 Å². The number of anilines is 1. The van der Waals surface area contributed by atoms with E-state index in [4.69, 9.17) is 0 Å². The number of carbonyl (C=O) groups is 2. The van der Waals surface area contributed by atoms with Crippen molar-refractivity contribution in [1.82, 2.24) is 5.32 Å². The second kappa shape index (κ2) is 6.90. The zero-order valence-electron chi connectivity index (χ0n) is 15.3. The number of halogens is 1. The summed E-state index contributed by atoms with van der Waals surface area (Å²) in [6, 6.07) is 13.7. The van der Waals surface area contributed by atoms with E-state index in [9.17, 15) is 14.0 Å². The third kappa shape index (κ3) is 3.34. The Morgan fingerprint density at radius 1 is 1.15 bits per heavy atom. The molecule has 1 N–H and O–H groups in total. The van der Waals surface area contributed by atoms with Crippen LogP contribution in [0.5, 0.6) is 0 Å². The molecule has 2 aromatic rings. The third-order valence-corrected chi connectivity index (χ3v) is 4.89. The summed E-state index contributed by atoms with van der Waals surface area (Å²) in [4.78, 5) is 27.6. The first-order chi connectivity index (χ1) is 12.3. The molecule has 4 nitrogen and oxygen atoms in total. The molecule has 0 saturated carbocycles. The van der Waals surface area contributed by atoms with Gasteiger partial charge in [-0.2, -0.15) is 0 Å². The van der Waals surface area contributed by atoms with Crippen molar-refractivity contribution < 1.29 is 14.0 Å². The normalized spacial score (nSPS) is 16.3. The molecule has 1 aliphatic rings. The number of carbonyl (C=O) groups excluding carboxylic acids is 2. The van der Waals surface area contributed by atoms with Gasteiger partial charge in [0.1, 0.15) is 11.2 Å². The van der Waals surface area contributed by atoms with Crippen molar-refractivity contribution in [2.75, 3.05) is 4.90 Å². The van der Waals surface area contributed by atoms with E-state index >= 15 is 0 Å². The first-order valence-corrected chi connectivity index (χ1v) is 8.75. The monoisotopic (exact) mass is 354 g/mol. The molecular formula is C21H23FN2O2. The molecule has 2 aromatic carbocycles. The van der Waals surface area contributed by atoms with Gasteiger partial charge in [0, 0.05) is 18.3 Å². The zero-order chi connectivity index (χ0) is 18.9. The maximum atomic E-state index is 13.2. The molecular weight excluding hydrogens is 331 g/mol. The minimum atomic E-state index is -1.20. The number of amides is 2. The Balaban J connectivity index is 1.73. The summed E-state index contributed by atoms with van der Waals surface area (Å²) in [6.45, 7) is 5.53. The summed E-state index contributed by atoms with van der Waals surface area (Å²) in [5.41, 5.74) is 1.58. The van der Waals surface area contributed by atoms with Crippen LogP contribution in [0.1, 0.15) is 31.9 Å². The van der Waals surface area contributed by atoms with Crippen molar-refractivity contribution >= 4 is 17.5 Å². The van der Waals surface area contributed by atoms with Crippen molar-refractivity contribution in [3.8, 4) is 0 Å². The van der Waals surface area contributed by atoms with E-state index in [1.165, 1.54) is 12.1 Å². The quantitative estimate of drug-likeness (QED) is 0.855. The summed E-state index contributed by atoms with van der Waals surface area (Å²) >= 11 is 0. The van der Waals surface area contributed by atoms with Crippen LogP contribution >= 0.6 is 0 Å². The molecule has 1 atom stereocenters. The molecule has 1 unspecified atom stereocenters. The van der Waals surface area contributed by atoms with Crippen LogP contribution in [0, 0.1) is 11.2 Å². The van der Waals surface area contributed by atoms with Gasteiger partial charge < -0.3 is 10.2 Å². The van der Waals surface area contributed by atoms with Crippen LogP contribution in [0.25, 0.3) is 0 Å². The van der Waals surface area contributed by atoms with Gasteiger partial charge in [-0.05, 0) is 56.5 Å². The molecule has 3 rings (SSSR count). The van der Waals surface area contributed by atoms with Gasteiger partial charge in [-0.3, -0.25) is 9.59 Å². The molecule has 0 spiro atoms. The number of fused-ring (bicyclic) bond motifs is 1. The second-order valence-corrected chi connectivity index (χ2v) is 7.29. The van der Waals surface area contributed by atoms with E-state index in [0.29, 0.717) is 0 Å². The molecule has 5 heteroatoms. The van der Waals surface area contributed by atoms with Crippen LogP contribution in [0.4, 0.5) is 10.1 Å². The molecule has 0 saturated heterocycles. The fourth-order valence-electron chi connectivity index (χ4n) is 3.28. The number of hydrogen-bond acceptors (Lipinski definition) is 2. The van der Waals surface area contributed by atoms with E-state index in [0.717, 1.165) is 23.2 Å². The largest absolute Gasteiger partial charge is 0.351 e. The van der Waals surface area contributed by atoms with Gasteiger partial charge in [0.25, 0.3) is 0 Å². The number of nitrogens with one attached hydrogen (secondary N) is 1. The van der Waals surface area contributed by atoms with Gasteiger partial charge in [-0.1, -0.05) is 30.3 Å². The highest BCUT2D eigenvalue weighted by Crippen LogP contribution is 2.35. The Labute approximate surface area is 153 Å². The Morgan fingerprint density at radius 2 is 1.81 bits per heavy atom. The van der Waals surface area contributed by atoms with Gasteiger partial charge in [0.15, 0.2) is 0 Å². The fraction of sp³-hybridized carbons (Fsp3) is 0.333. The highest BCUT2D eigenvalue weighted by atomic mass is 19.1. The van der Waals surface area contributed by atoms with Gasteiger partial charge in [0.05, 0.1) is 0 Å². The van der Waals surface area contributed by atoms with E-state index in [1.807, 2.05) is 31.2 Å². The molecule has 0 aliphatic carbocycles. The Morgan fingerprint density at radius 3 is 2.50 bits per heavy atom. The van der Waals surface area contributed by atoms with Gasteiger partial charge in [0.2, 0.25) is 11.8 Å². The van der Waals surface area contributed by atoms with Gasteiger partial charge >= 0.3 is 0 Å². The van der Waals surface area contributed by atoms with Crippen LogP contribution in [0.3, 0.4) is 0 Å².